The lowest BCUT2D eigenvalue weighted by Gasteiger charge is -2.15. The molecule has 0 amide bonds. The molecule has 0 fully saturated rings. The molecule has 3 heteroatoms. The van der Waals surface area contributed by atoms with Crippen molar-refractivity contribution < 1.29 is 14.3 Å². The van der Waals surface area contributed by atoms with Gasteiger partial charge >= 0.3 is 5.97 Å². The molecule has 2 aromatic rings. The molecule has 20 heavy (non-hydrogen) atoms. The van der Waals surface area contributed by atoms with Crippen LogP contribution < -0.4 is 4.74 Å². The first-order valence-corrected chi connectivity index (χ1v) is 6.71. The van der Waals surface area contributed by atoms with Crippen molar-refractivity contribution in [1.29, 1.82) is 0 Å². The lowest BCUT2D eigenvalue weighted by atomic mass is 10.1. The van der Waals surface area contributed by atoms with E-state index in [9.17, 15) is 4.79 Å². The largest absolute Gasteiger partial charge is 0.486 e. The van der Waals surface area contributed by atoms with Crippen LogP contribution in [-0.2, 0) is 11.2 Å². The zero-order chi connectivity index (χ0) is 13.9. The summed E-state index contributed by atoms with van der Waals surface area (Å²) < 4.78 is 10.8. The molecule has 0 N–H and O–H groups in total. The topological polar surface area (TPSA) is 35.5 Å². The first-order valence-electron chi connectivity index (χ1n) is 6.71. The Morgan fingerprint density at radius 2 is 1.95 bits per heavy atom. The van der Waals surface area contributed by atoms with Crippen molar-refractivity contribution in [3.8, 4) is 5.75 Å². The molecule has 102 valence electrons. The molecule has 0 aromatic heterocycles. The summed E-state index contributed by atoms with van der Waals surface area (Å²) in [6.45, 7) is 0. The molecule has 1 aliphatic rings. The average Bonchev–Trinajstić information content (AvgIpc) is 2.90. The van der Waals surface area contributed by atoms with Crippen LogP contribution in [0.4, 0.5) is 0 Å². The molecule has 0 spiro atoms. The predicted octanol–water partition coefficient (Wildman–Crippen LogP) is 3.54. The lowest BCUT2D eigenvalue weighted by Crippen LogP contribution is -2.05. The molecule has 2 aromatic carbocycles. The molecule has 1 aliphatic carbocycles. The number of methoxy groups -OCH3 is 1. The lowest BCUT2D eigenvalue weighted by molar-refractivity contribution is 0.0600. The number of carbonyl (C=O) groups excluding carboxylic acids is 1. The van der Waals surface area contributed by atoms with Gasteiger partial charge in [0.25, 0.3) is 0 Å². The van der Waals surface area contributed by atoms with Crippen LogP contribution >= 0.6 is 0 Å². The highest BCUT2D eigenvalue weighted by Gasteiger charge is 2.25. The van der Waals surface area contributed by atoms with Gasteiger partial charge in [-0.05, 0) is 48.2 Å². The van der Waals surface area contributed by atoms with Gasteiger partial charge in [-0.15, -0.1) is 0 Å². The Balaban J connectivity index is 1.82. The summed E-state index contributed by atoms with van der Waals surface area (Å²) in [5.74, 6) is 0.586. The van der Waals surface area contributed by atoms with Crippen molar-refractivity contribution in [3.63, 3.8) is 0 Å². The number of hydrogen-bond acceptors (Lipinski definition) is 3. The Kier molecular flexibility index (Phi) is 3.42. The van der Waals surface area contributed by atoms with Crippen LogP contribution in [0.3, 0.4) is 0 Å². The number of carbonyl (C=O) groups is 1. The van der Waals surface area contributed by atoms with E-state index >= 15 is 0 Å². The molecule has 0 heterocycles. The van der Waals surface area contributed by atoms with Crippen LogP contribution in [-0.4, -0.2) is 13.1 Å². The van der Waals surface area contributed by atoms with Gasteiger partial charge in [-0.1, -0.05) is 24.3 Å². The second-order valence-electron chi connectivity index (χ2n) is 4.86. The third-order valence-electron chi connectivity index (χ3n) is 3.61. The van der Waals surface area contributed by atoms with Gasteiger partial charge in [0.05, 0.1) is 12.7 Å². The Hall–Kier alpha value is -2.29. The number of hydrogen-bond donors (Lipinski definition) is 0. The van der Waals surface area contributed by atoms with E-state index in [-0.39, 0.29) is 12.1 Å². The number of ether oxygens (including phenoxy) is 2. The van der Waals surface area contributed by atoms with Crippen LogP contribution in [0, 0.1) is 0 Å². The van der Waals surface area contributed by atoms with Gasteiger partial charge in [-0.25, -0.2) is 4.79 Å². The first-order chi connectivity index (χ1) is 9.78. The third kappa shape index (κ3) is 2.39. The molecule has 3 nitrogen and oxygen atoms in total. The first kappa shape index (κ1) is 12.7. The van der Waals surface area contributed by atoms with E-state index in [1.165, 1.54) is 18.2 Å². The van der Waals surface area contributed by atoms with Gasteiger partial charge < -0.3 is 9.47 Å². The molecule has 0 saturated carbocycles. The number of esters is 1. The standard InChI is InChI=1S/C17H16O3/c1-19-17(18)13-7-9-15-12(11-13)8-10-16(15)20-14-5-3-2-4-6-14/h2-7,9,11,16H,8,10H2,1H3. The normalized spacial score (nSPS) is 16.6. The van der Waals surface area contributed by atoms with Crippen molar-refractivity contribution >= 4 is 5.97 Å². The van der Waals surface area contributed by atoms with Crippen LogP contribution in [0.5, 0.6) is 5.75 Å². The van der Waals surface area contributed by atoms with Crippen molar-refractivity contribution in [2.75, 3.05) is 7.11 Å². The second kappa shape index (κ2) is 5.37. The Morgan fingerprint density at radius 1 is 1.15 bits per heavy atom. The van der Waals surface area contributed by atoms with E-state index in [0.29, 0.717) is 5.56 Å². The fraction of sp³-hybridized carbons (Fsp3) is 0.235. The summed E-state index contributed by atoms with van der Waals surface area (Å²) in [5, 5.41) is 0. The van der Waals surface area contributed by atoms with E-state index in [4.69, 9.17) is 9.47 Å². The van der Waals surface area contributed by atoms with E-state index < -0.39 is 0 Å². The molecule has 0 bridgehead atoms. The minimum absolute atomic E-state index is 0.0686. The van der Waals surface area contributed by atoms with Crippen LogP contribution in [0.15, 0.2) is 48.5 Å². The molecule has 1 unspecified atom stereocenters. The summed E-state index contributed by atoms with van der Waals surface area (Å²) >= 11 is 0. The molecule has 0 radical (unpaired) electrons. The Morgan fingerprint density at radius 3 is 2.70 bits per heavy atom. The van der Waals surface area contributed by atoms with Gasteiger partial charge in [0.1, 0.15) is 11.9 Å². The number of fused-ring (bicyclic) bond motifs is 1. The van der Waals surface area contributed by atoms with E-state index in [2.05, 4.69) is 0 Å². The molecular formula is C17H16O3. The average molecular weight is 268 g/mol. The maximum atomic E-state index is 11.5. The summed E-state index contributed by atoms with van der Waals surface area (Å²) in [6.07, 6.45) is 1.94. The molecular weight excluding hydrogens is 252 g/mol. The van der Waals surface area contributed by atoms with Gasteiger partial charge in [0, 0.05) is 0 Å². The molecule has 0 aliphatic heterocycles. The number of aryl methyl sites for hydroxylation is 1. The smallest absolute Gasteiger partial charge is 0.337 e. The minimum atomic E-state index is -0.291. The number of rotatable bonds is 3. The van der Waals surface area contributed by atoms with Crippen molar-refractivity contribution in [2.24, 2.45) is 0 Å². The highest BCUT2D eigenvalue weighted by Crippen LogP contribution is 2.35. The highest BCUT2D eigenvalue weighted by molar-refractivity contribution is 5.89. The van der Waals surface area contributed by atoms with Crippen LogP contribution in [0.25, 0.3) is 0 Å². The highest BCUT2D eigenvalue weighted by atomic mass is 16.5. The monoisotopic (exact) mass is 268 g/mol. The van der Waals surface area contributed by atoms with Gasteiger partial charge in [0.15, 0.2) is 0 Å². The maximum absolute atomic E-state index is 11.5. The van der Waals surface area contributed by atoms with E-state index in [1.54, 1.807) is 6.07 Å². The fourth-order valence-corrected chi connectivity index (χ4v) is 2.61. The van der Waals surface area contributed by atoms with Crippen LogP contribution in [0.2, 0.25) is 0 Å². The minimum Gasteiger partial charge on any atom is -0.486 e. The summed E-state index contributed by atoms with van der Waals surface area (Å²) in [6, 6.07) is 15.5. The van der Waals surface area contributed by atoms with Gasteiger partial charge in [-0.2, -0.15) is 0 Å². The zero-order valence-electron chi connectivity index (χ0n) is 11.3. The third-order valence-corrected chi connectivity index (χ3v) is 3.61. The second-order valence-corrected chi connectivity index (χ2v) is 4.86. The molecule has 1 atom stereocenters. The summed E-state index contributed by atoms with van der Waals surface area (Å²) in [5.41, 5.74) is 2.95. The molecule has 0 saturated heterocycles. The fourth-order valence-electron chi connectivity index (χ4n) is 2.61. The number of para-hydroxylation sites is 1. The van der Waals surface area contributed by atoms with Crippen LogP contribution in [0.1, 0.15) is 34.0 Å². The molecule has 3 rings (SSSR count). The van der Waals surface area contributed by atoms with E-state index in [1.807, 2.05) is 42.5 Å². The van der Waals surface area contributed by atoms with Crippen molar-refractivity contribution in [2.45, 2.75) is 18.9 Å². The number of benzene rings is 2. The predicted molar refractivity (Wildman–Crippen MR) is 75.9 cm³/mol. The quantitative estimate of drug-likeness (QED) is 0.799. The van der Waals surface area contributed by atoms with Crippen molar-refractivity contribution in [1.82, 2.24) is 0 Å². The summed E-state index contributed by atoms with van der Waals surface area (Å²) in [7, 11) is 1.40. The maximum Gasteiger partial charge on any atom is 0.337 e. The Labute approximate surface area is 118 Å². The Bertz CT molecular complexity index is 619. The SMILES string of the molecule is COC(=O)c1ccc2c(c1)CCC2Oc1ccccc1. The van der Waals surface area contributed by atoms with Gasteiger partial charge in [0.2, 0.25) is 0 Å². The van der Waals surface area contributed by atoms with Crippen molar-refractivity contribution in [3.05, 3.63) is 65.2 Å². The summed E-state index contributed by atoms with van der Waals surface area (Å²) in [4.78, 5) is 11.5. The zero-order valence-corrected chi connectivity index (χ0v) is 11.3. The van der Waals surface area contributed by atoms with E-state index in [0.717, 1.165) is 18.6 Å². The van der Waals surface area contributed by atoms with Gasteiger partial charge in [-0.3, -0.25) is 0 Å².